The van der Waals surface area contributed by atoms with Crippen LogP contribution in [0.15, 0.2) is 30.5 Å². The van der Waals surface area contributed by atoms with Crippen molar-refractivity contribution in [3.05, 3.63) is 56.9 Å². The highest BCUT2D eigenvalue weighted by Gasteiger charge is 2.31. The van der Waals surface area contributed by atoms with E-state index in [9.17, 15) is 14.9 Å². The zero-order valence-electron chi connectivity index (χ0n) is 14.5. The van der Waals surface area contributed by atoms with E-state index in [2.05, 4.69) is 10.00 Å². The third-order valence-electron chi connectivity index (χ3n) is 4.48. The SMILES string of the molecule is CCn1cc([N+](=O)[O-])c(C(=O)N2CCN(Cc3ccccc3Cl)CC2)n1. The van der Waals surface area contributed by atoms with Crippen molar-refractivity contribution in [1.82, 2.24) is 19.6 Å². The van der Waals surface area contributed by atoms with Gasteiger partial charge in [0.1, 0.15) is 6.20 Å². The van der Waals surface area contributed by atoms with Gasteiger partial charge < -0.3 is 4.90 Å². The smallest absolute Gasteiger partial charge is 0.320 e. The van der Waals surface area contributed by atoms with E-state index >= 15 is 0 Å². The van der Waals surface area contributed by atoms with E-state index in [1.807, 2.05) is 31.2 Å². The predicted octanol–water partition coefficient (Wildman–Crippen LogP) is 2.42. The Kier molecular flexibility index (Phi) is 5.53. The maximum absolute atomic E-state index is 12.7. The van der Waals surface area contributed by atoms with Gasteiger partial charge >= 0.3 is 5.69 Å². The second kappa shape index (κ2) is 7.84. The molecule has 1 amide bonds. The van der Waals surface area contributed by atoms with Gasteiger partial charge in [-0.1, -0.05) is 29.8 Å². The van der Waals surface area contributed by atoms with Crippen molar-refractivity contribution in [2.45, 2.75) is 20.0 Å². The summed E-state index contributed by atoms with van der Waals surface area (Å²) in [7, 11) is 0. The lowest BCUT2D eigenvalue weighted by Gasteiger charge is -2.34. The van der Waals surface area contributed by atoms with Gasteiger partial charge in [-0.05, 0) is 18.6 Å². The minimum absolute atomic E-state index is 0.0867. The summed E-state index contributed by atoms with van der Waals surface area (Å²) in [6.45, 7) is 5.36. The summed E-state index contributed by atoms with van der Waals surface area (Å²) in [6, 6.07) is 7.69. The van der Waals surface area contributed by atoms with Crippen LogP contribution < -0.4 is 0 Å². The average Bonchev–Trinajstić information content (AvgIpc) is 3.08. The van der Waals surface area contributed by atoms with Crippen LogP contribution in [0, 0.1) is 10.1 Å². The van der Waals surface area contributed by atoms with Crippen LogP contribution in [0.5, 0.6) is 0 Å². The van der Waals surface area contributed by atoms with Crippen molar-refractivity contribution in [2.75, 3.05) is 26.2 Å². The second-order valence-electron chi connectivity index (χ2n) is 6.14. The van der Waals surface area contributed by atoms with Gasteiger partial charge in [-0.3, -0.25) is 24.5 Å². The molecule has 9 heteroatoms. The van der Waals surface area contributed by atoms with E-state index < -0.39 is 4.92 Å². The predicted molar refractivity (Wildman–Crippen MR) is 97.2 cm³/mol. The van der Waals surface area contributed by atoms with Gasteiger partial charge in [0.15, 0.2) is 0 Å². The van der Waals surface area contributed by atoms with Crippen LogP contribution in [-0.4, -0.2) is 56.6 Å². The van der Waals surface area contributed by atoms with E-state index in [1.165, 1.54) is 10.9 Å². The third kappa shape index (κ3) is 3.86. The highest BCUT2D eigenvalue weighted by Crippen LogP contribution is 2.21. The molecular weight excluding hydrogens is 358 g/mol. The summed E-state index contributed by atoms with van der Waals surface area (Å²) in [6.07, 6.45) is 1.31. The van der Waals surface area contributed by atoms with Gasteiger partial charge in [-0.15, -0.1) is 0 Å². The van der Waals surface area contributed by atoms with Gasteiger partial charge in [0.25, 0.3) is 5.91 Å². The number of carbonyl (C=O) groups excluding carboxylic acids is 1. The molecule has 1 saturated heterocycles. The highest BCUT2D eigenvalue weighted by molar-refractivity contribution is 6.31. The zero-order valence-corrected chi connectivity index (χ0v) is 15.2. The van der Waals surface area contributed by atoms with E-state index in [4.69, 9.17) is 11.6 Å². The van der Waals surface area contributed by atoms with Gasteiger partial charge in [0.2, 0.25) is 5.69 Å². The number of rotatable bonds is 5. The monoisotopic (exact) mass is 377 g/mol. The third-order valence-corrected chi connectivity index (χ3v) is 4.85. The Morgan fingerprint density at radius 1 is 1.27 bits per heavy atom. The Hall–Kier alpha value is -2.45. The minimum atomic E-state index is -0.556. The van der Waals surface area contributed by atoms with Crippen LogP contribution in [-0.2, 0) is 13.1 Å². The molecule has 26 heavy (non-hydrogen) atoms. The van der Waals surface area contributed by atoms with Crippen molar-refractivity contribution in [2.24, 2.45) is 0 Å². The molecule has 0 N–H and O–H groups in total. The summed E-state index contributed by atoms with van der Waals surface area (Å²) in [5, 5.41) is 16.0. The van der Waals surface area contributed by atoms with Crippen LogP contribution in [0.2, 0.25) is 5.02 Å². The quantitative estimate of drug-likeness (QED) is 0.590. The zero-order chi connectivity index (χ0) is 18.7. The number of carbonyl (C=O) groups is 1. The topological polar surface area (TPSA) is 84.5 Å². The number of hydrogen-bond acceptors (Lipinski definition) is 5. The number of aromatic nitrogens is 2. The summed E-state index contributed by atoms with van der Waals surface area (Å²) >= 11 is 6.20. The Morgan fingerprint density at radius 2 is 1.96 bits per heavy atom. The van der Waals surface area contributed by atoms with Crippen LogP contribution in [0.4, 0.5) is 5.69 Å². The number of benzene rings is 1. The van der Waals surface area contributed by atoms with Crippen molar-refractivity contribution in [1.29, 1.82) is 0 Å². The van der Waals surface area contributed by atoms with Crippen LogP contribution in [0.25, 0.3) is 0 Å². The number of amides is 1. The molecule has 1 aromatic carbocycles. The largest absolute Gasteiger partial charge is 0.334 e. The number of halogens is 1. The van der Waals surface area contributed by atoms with E-state index in [-0.39, 0.29) is 17.3 Å². The first-order valence-electron chi connectivity index (χ1n) is 8.46. The molecule has 2 aromatic rings. The molecule has 0 saturated carbocycles. The molecule has 1 aromatic heterocycles. The summed E-state index contributed by atoms with van der Waals surface area (Å²) in [4.78, 5) is 27.1. The number of piperazine rings is 1. The summed E-state index contributed by atoms with van der Waals surface area (Å²) in [5.41, 5.74) is 0.720. The van der Waals surface area contributed by atoms with Crippen LogP contribution in [0.3, 0.4) is 0 Å². The fourth-order valence-corrected chi connectivity index (χ4v) is 3.18. The van der Waals surface area contributed by atoms with Gasteiger partial charge in [0, 0.05) is 44.3 Å². The summed E-state index contributed by atoms with van der Waals surface area (Å²) < 4.78 is 1.42. The molecule has 1 fully saturated rings. The lowest BCUT2D eigenvalue weighted by molar-refractivity contribution is -0.385. The molecule has 138 valence electrons. The normalized spacial score (nSPS) is 15.2. The van der Waals surface area contributed by atoms with Crippen molar-refractivity contribution >= 4 is 23.2 Å². The van der Waals surface area contributed by atoms with Crippen molar-refractivity contribution < 1.29 is 9.72 Å². The van der Waals surface area contributed by atoms with Crippen LogP contribution in [0.1, 0.15) is 23.0 Å². The van der Waals surface area contributed by atoms with Crippen LogP contribution >= 0.6 is 11.6 Å². The Labute approximate surface area is 156 Å². The standard InChI is InChI=1S/C17H20ClN5O3/c1-2-22-12-15(23(25)26)16(19-22)17(24)21-9-7-20(8-10-21)11-13-5-3-4-6-14(13)18/h3-6,12H,2,7-11H2,1H3. The maximum atomic E-state index is 12.7. The molecule has 3 rings (SSSR count). The Bertz CT molecular complexity index is 814. The molecule has 0 aliphatic carbocycles. The molecule has 0 unspecified atom stereocenters. The fraction of sp³-hybridized carbons (Fsp3) is 0.412. The molecule has 1 aliphatic heterocycles. The highest BCUT2D eigenvalue weighted by atomic mass is 35.5. The Balaban J connectivity index is 1.65. The molecule has 0 atom stereocenters. The molecule has 0 radical (unpaired) electrons. The van der Waals surface area contributed by atoms with Crippen molar-refractivity contribution in [3.63, 3.8) is 0 Å². The molecule has 0 spiro atoms. The van der Waals surface area contributed by atoms with E-state index in [0.29, 0.717) is 39.3 Å². The van der Waals surface area contributed by atoms with Gasteiger partial charge in [0.05, 0.1) is 4.92 Å². The van der Waals surface area contributed by atoms with Gasteiger partial charge in [-0.25, -0.2) is 0 Å². The molecule has 8 nitrogen and oxygen atoms in total. The first kappa shape index (κ1) is 18.3. The number of aryl methyl sites for hydroxylation is 1. The molecular formula is C17H20ClN5O3. The molecule has 1 aliphatic rings. The maximum Gasteiger partial charge on any atom is 0.320 e. The average molecular weight is 378 g/mol. The number of nitrogens with zero attached hydrogens (tertiary/aromatic N) is 5. The van der Waals surface area contributed by atoms with E-state index in [0.717, 1.165) is 10.6 Å². The van der Waals surface area contributed by atoms with Gasteiger partial charge in [-0.2, -0.15) is 5.10 Å². The van der Waals surface area contributed by atoms with E-state index in [1.54, 1.807) is 4.90 Å². The fourth-order valence-electron chi connectivity index (χ4n) is 2.99. The second-order valence-corrected chi connectivity index (χ2v) is 6.54. The lowest BCUT2D eigenvalue weighted by atomic mass is 10.2. The first-order chi connectivity index (χ1) is 12.5. The number of hydrogen-bond donors (Lipinski definition) is 0. The summed E-state index contributed by atoms with van der Waals surface area (Å²) in [5.74, 6) is -0.388. The first-order valence-corrected chi connectivity index (χ1v) is 8.84. The molecule has 0 bridgehead atoms. The number of nitro groups is 1. The lowest BCUT2D eigenvalue weighted by Crippen LogP contribution is -2.48. The molecule has 2 heterocycles. The van der Waals surface area contributed by atoms with Crippen molar-refractivity contribution in [3.8, 4) is 0 Å². The minimum Gasteiger partial charge on any atom is -0.334 e. The Morgan fingerprint density at radius 3 is 2.58 bits per heavy atom.